The summed E-state index contributed by atoms with van der Waals surface area (Å²) >= 11 is 0. The number of esters is 1. The Bertz CT molecular complexity index is 126. The molecule has 0 heterocycles. The van der Waals surface area contributed by atoms with Gasteiger partial charge in [0.2, 0.25) is 0 Å². The van der Waals surface area contributed by atoms with Gasteiger partial charge in [-0.05, 0) is 6.92 Å². The summed E-state index contributed by atoms with van der Waals surface area (Å²) in [6, 6.07) is 0. The lowest BCUT2D eigenvalue weighted by atomic mass is 10.2. The summed E-state index contributed by atoms with van der Waals surface area (Å²) in [5, 5.41) is 0. The van der Waals surface area contributed by atoms with Crippen LogP contribution in [0, 0.1) is 0 Å². The summed E-state index contributed by atoms with van der Waals surface area (Å²) in [6.45, 7) is 2.31. The molecule has 2 unspecified atom stereocenters. The SMILES string of the molecule is CC(=O)OCCC(F)C(C)F. The molecule has 2 nitrogen and oxygen atoms in total. The average molecular weight is 166 g/mol. The lowest BCUT2D eigenvalue weighted by Crippen LogP contribution is -2.16. The zero-order valence-corrected chi connectivity index (χ0v) is 6.64. The second kappa shape index (κ2) is 5.04. The summed E-state index contributed by atoms with van der Waals surface area (Å²) in [6.07, 6.45) is -3.10. The zero-order chi connectivity index (χ0) is 8.85. The van der Waals surface area contributed by atoms with Crippen molar-refractivity contribution >= 4 is 5.97 Å². The van der Waals surface area contributed by atoms with E-state index >= 15 is 0 Å². The normalized spacial score (nSPS) is 15.6. The maximum atomic E-state index is 12.4. The Kier molecular flexibility index (Phi) is 4.74. The Morgan fingerprint density at radius 1 is 1.55 bits per heavy atom. The molecule has 0 radical (unpaired) electrons. The third kappa shape index (κ3) is 5.76. The van der Waals surface area contributed by atoms with Crippen molar-refractivity contribution in [1.29, 1.82) is 0 Å². The van der Waals surface area contributed by atoms with Gasteiger partial charge in [0, 0.05) is 13.3 Å². The van der Waals surface area contributed by atoms with Gasteiger partial charge in [0.15, 0.2) is 0 Å². The first kappa shape index (κ1) is 10.3. The van der Waals surface area contributed by atoms with Crippen molar-refractivity contribution < 1.29 is 18.3 Å². The summed E-state index contributed by atoms with van der Waals surface area (Å²) in [4.78, 5) is 10.2. The van der Waals surface area contributed by atoms with Crippen LogP contribution < -0.4 is 0 Å². The number of halogens is 2. The summed E-state index contributed by atoms with van der Waals surface area (Å²) in [5.41, 5.74) is 0. The second-order valence-corrected chi connectivity index (χ2v) is 2.32. The van der Waals surface area contributed by atoms with Gasteiger partial charge >= 0.3 is 5.97 Å². The molecule has 11 heavy (non-hydrogen) atoms. The van der Waals surface area contributed by atoms with Gasteiger partial charge in [0.25, 0.3) is 0 Å². The molecule has 0 aromatic carbocycles. The fourth-order valence-corrected chi connectivity index (χ4v) is 0.545. The minimum absolute atomic E-state index is 0.0508. The van der Waals surface area contributed by atoms with Crippen molar-refractivity contribution in [1.82, 2.24) is 0 Å². The molecule has 0 amide bonds. The summed E-state index contributed by atoms with van der Waals surface area (Å²) in [5.74, 6) is -0.469. The van der Waals surface area contributed by atoms with E-state index in [-0.39, 0.29) is 13.0 Å². The number of carbonyl (C=O) groups is 1. The molecule has 4 heteroatoms. The molecule has 0 aliphatic rings. The number of alkyl halides is 2. The van der Waals surface area contributed by atoms with Crippen LogP contribution in [0.3, 0.4) is 0 Å². The molecule has 0 spiro atoms. The van der Waals surface area contributed by atoms with Crippen LogP contribution in [0.25, 0.3) is 0 Å². The minimum atomic E-state index is -1.53. The number of carbonyl (C=O) groups excluding carboxylic acids is 1. The Morgan fingerprint density at radius 2 is 2.09 bits per heavy atom. The lowest BCUT2D eigenvalue weighted by molar-refractivity contribution is -0.141. The molecule has 0 aromatic heterocycles. The van der Waals surface area contributed by atoms with E-state index in [4.69, 9.17) is 0 Å². The predicted octanol–water partition coefficient (Wildman–Crippen LogP) is 1.64. The molecule has 66 valence electrons. The summed E-state index contributed by atoms with van der Waals surface area (Å²) < 4.78 is 28.9. The highest BCUT2D eigenvalue weighted by molar-refractivity contribution is 5.65. The molecule has 0 N–H and O–H groups in total. The van der Waals surface area contributed by atoms with Gasteiger partial charge in [-0.15, -0.1) is 0 Å². The van der Waals surface area contributed by atoms with Gasteiger partial charge in [0.05, 0.1) is 6.61 Å². The van der Waals surface area contributed by atoms with Crippen LogP contribution in [0.4, 0.5) is 8.78 Å². The third-order valence-electron chi connectivity index (χ3n) is 1.20. The van der Waals surface area contributed by atoms with Gasteiger partial charge in [-0.1, -0.05) is 0 Å². The van der Waals surface area contributed by atoms with Crippen molar-refractivity contribution in [3.05, 3.63) is 0 Å². The van der Waals surface area contributed by atoms with Gasteiger partial charge in [-0.2, -0.15) is 0 Å². The fourth-order valence-electron chi connectivity index (χ4n) is 0.545. The number of ether oxygens (including phenoxy) is 1. The van der Waals surface area contributed by atoms with Crippen LogP contribution in [0.2, 0.25) is 0 Å². The topological polar surface area (TPSA) is 26.3 Å². The highest BCUT2D eigenvalue weighted by Crippen LogP contribution is 2.07. The standard InChI is InChI=1S/C7H12F2O2/c1-5(8)7(9)3-4-11-6(2)10/h5,7H,3-4H2,1-2H3. The number of rotatable bonds is 4. The Balaban J connectivity index is 3.31. The van der Waals surface area contributed by atoms with Crippen LogP contribution in [0.5, 0.6) is 0 Å². The van der Waals surface area contributed by atoms with Gasteiger partial charge in [0.1, 0.15) is 12.3 Å². The Hall–Kier alpha value is -0.670. The quantitative estimate of drug-likeness (QED) is 0.593. The predicted molar refractivity (Wildman–Crippen MR) is 36.7 cm³/mol. The first-order valence-electron chi connectivity index (χ1n) is 3.45. The molecular formula is C7H12F2O2. The third-order valence-corrected chi connectivity index (χ3v) is 1.20. The van der Waals surface area contributed by atoms with Crippen molar-refractivity contribution in [3.8, 4) is 0 Å². The number of hydrogen-bond acceptors (Lipinski definition) is 2. The molecule has 0 bridgehead atoms. The molecule has 0 aliphatic carbocycles. The smallest absolute Gasteiger partial charge is 0.302 e. The Labute approximate surface area is 64.5 Å². The maximum Gasteiger partial charge on any atom is 0.302 e. The van der Waals surface area contributed by atoms with E-state index in [0.29, 0.717) is 0 Å². The molecule has 2 atom stereocenters. The van der Waals surface area contributed by atoms with Crippen molar-refractivity contribution in [2.75, 3.05) is 6.61 Å². The monoisotopic (exact) mass is 166 g/mol. The van der Waals surface area contributed by atoms with Crippen molar-refractivity contribution in [2.45, 2.75) is 32.6 Å². The lowest BCUT2D eigenvalue weighted by Gasteiger charge is -2.08. The van der Waals surface area contributed by atoms with Gasteiger partial charge < -0.3 is 4.74 Å². The molecule has 0 aromatic rings. The molecule has 0 saturated carbocycles. The van der Waals surface area contributed by atoms with Crippen LogP contribution in [-0.2, 0) is 9.53 Å². The second-order valence-electron chi connectivity index (χ2n) is 2.32. The van der Waals surface area contributed by atoms with Crippen molar-refractivity contribution in [2.24, 2.45) is 0 Å². The molecular weight excluding hydrogens is 154 g/mol. The maximum absolute atomic E-state index is 12.4. The van der Waals surface area contributed by atoms with Gasteiger partial charge in [-0.25, -0.2) is 8.78 Å². The van der Waals surface area contributed by atoms with Crippen LogP contribution in [0.1, 0.15) is 20.3 Å². The first-order valence-corrected chi connectivity index (χ1v) is 3.45. The average Bonchev–Trinajstić information content (AvgIpc) is 1.86. The van der Waals surface area contributed by atoms with Crippen LogP contribution >= 0.6 is 0 Å². The van der Waals surface area contributed by atoms with Gasteiger partial charge in [-0.3, -0.25) is 4.79 Å². The van der Waals surface area contributed by atoms with Crippen LogP contribution in [0.15, 0.2) is 0 Å². The first-order chi connectivity index (χ1) is 5.04. The van der Waals surface area contributed by atoms with E-state index < -0.39 is 18.3 Å². The van der Waals surface area contributed by atoms with Crippen LogP contribution in [-0.4, -0.2) is 24.9 Å². The minimum Gasteiger partial charge on any atom is -0.466 e. The fraction of sp³-hybridized carbons (Fsp3) is 0.857. The van der Waals surface area contributed by atoms with Crippen molar-refractivity contribution in [3.63, 3.8) is 0 Å². The highest BCUT2D eigenvalue weighted by atomic mass is 19.2. The van der Waals surface area contributed by atoms with E-state index in [1.54, 1.807) is 0 Å². The van der Waals surface area contributed by atoms with E-state index in [1.165, 1.54) is 6.92 Å². The molecule has 0 fully saturated rings. The number of hydrogen-bond donors (Lipinski definition) is 0. The summed E-state index contributed by atoms with van der Waals surface area (Å²) in [7, 11) is 0. The molecule has 0 saturated heterocycles. The zero-order valence-electron chi connectivity index (χ0n) is 6.64. The van der Waals surface area contributed by atoms with E-state index in [0.717, 1.165) is 6.92 Å². The van der Waals surface area contributed by atoms with E-state index in [2.05, 4.69) is 4.74 Å². The largest absolute Gasteiger partial charge is 0.466 e. The molecule has 0 aliphatic heterocycles. The molecule has 0 rings (SSSR count). The highest BCUT2D eigenvalue weighted by Gasteiger charge is 2.14. The van der Waals surface area contributed by atoms with E-state index in [1.807, 2.05) is 0 Å². The Morgan fingerprint density at radius 3 is 2.45 bits per heavy atom. The van der Waals surface area contributed by atoms with E-state index in [9.17, 15) is 13.6 Å².